The highest BCUT2D eigenvalue weighted by molar-refractivity contribution is 7.51. The summed E-state index contributed by atoms with van der Waals surface area (Å²) in [5, 5.41) is 0. The fourth-order valence-corrected chi connectivity index (χ4v) is 0.889. The lowest BCUT2D eigenvalue weighted by Gasteiger charge is -1.85. The molecule has 0 aliphatic rings. The van der Waals surface area contributed by atoms with E-state index in [1.54, 1.807) is 11.0 Å². The topological polar surface area (TPSA) is 20.1 Å². The van der Waals surface area contributed by atoms with Crippen molar-refractivity contribution in [2.24, 2.45) is 0 Å². The van der Waals surface area contributed by atoms with Gasteiger partial charge in [0.2, 0.25) is 5.69 Å². The summed E-state index contributed by atoms with van der Waals surface area (Å²) < 4.78 is 11.8. The van der Waals surface area contributed by atoms with E-state index in [4.69, 9.17) is 0 Å². The third-order valence-electron chi connectivity index (χ3n) is 1.23. The lowest BCUT2D eigenvalue weighted by molar-refractivity contribution is -0.374. The van der Waals surface area contributed by atoms with Crippen molar-refractivity contribution in [1.82, 2.24) is 0 Å². The van der Waals surface area contributed by atoms with Crippen molar-refractivity contribution in [2.45, 2.75) is 0 Å². The third kappa shape index (κ3) is 3.11. The number of halogens is 1. The van der Waals surface area contributed by atoms with Crippen LogP contribution in [0.15, 0.2) is 30.3 Å². The van der Waals surface area contributed by atoms with Gasteiger partial charge < -0.3 is 24.0 Å². The molecule has 0 radical (unpaired) electrons. The van der Waals surface area contributed by atoms with Crippen molar-refractivity contribution in [3.05, 3.63) is 30.3 Å². The zero-order chi connectivity index (χ0) is 7.40. The van der Waals surface area contributed by atoms with Crippen LogP contribution in [0.2, 0.25) is 0 Å². The monoisotopic (exact) mass is 281 g/mol. The van der Waals surface area contributed by atoms with Crippen molar-refractivity contribution in [2.75, 3.05) is 7.05 Å². The van der Waals surface area contributed by atoms with Gasteiger partial charge in [-0.25, -0.2) is 0 Å². The highest BCUT2D eigenvalue weighted by Gasteiger charge is 1.98. The Kier molecular flexibility index (Phi) is 5.31. The van der Waals surface area contributed by atoms with Crippen LogP contribution >= 0.6 is 0 Å². The van der Waals surface area contributed by atoms with Gasteiger partial charge in [0, 0.05) is 12.1 Å². The molecule has 0 atom stereocenters. The summed E-state index contributed by atoms with van der Waals surface area (Å²) in [6.07, 6.45) is 0. The average molecular weight is 281 g/mol. The molecule has 0 unspecified atom stereocenters. The number of hydrogen-bond donors (Lipinski definition) is 0. The second-order valence-electron chi connectivity index (χ2n) is 1.91. The van der Waals surface area contributed by atoms with Crippen LogP contribution in [0.3, 0.4) is 0 Å². The Morgan fingerprint density at radius 2 is 1.82 bits per heavy atom. The number of rotatable bonds is 1. The van der Waals surface area contributed by atoms with Gasteiger partial charge in [-0.3, -0.25) is 0 Å². The molecule has 0 N–H and O–H groups in total. The molecule has 0 aliphatic carbocycles. The molecule has 0 aliphatic heterocycles. The first-order valence-electron chi connectivity index (χ1n) is 2.93. The van der Waals surface area contributed by atoms with Crippen LogP contribution in [0.5, 0.6) is 0 Å². The van der Waals surface area contributed by atoms with Gasteiger partial charge in [-0.15, -0.1) is 8.15 Å². The minimum Gasteiger partial charge on any atom is -1.00 e. The van der Waals surface area contributed by atoms with E-state index >= 15 is 0 Å². The van der Waals surface area contributed by atoms with Crippen LogP contribution in [0.1, 0.15) is 0 Å². The molecular formula is C7H8INOS. The zero-order valence-electron chi connectivity index (χ0n) is 6.03. The molecule has 0 heterocycles. The molecule has 0 spiro atoms. The van der Waals surface area contributed by atoms with Crippen molar-refractivity contribution >= 4 is 17.2 Å². The van der Waals surface area contributed by atoms with E-state index in [1.165, 1.54) is 0 Å². The number of para-hydroxylation sites is 1. The van der Waals surface area contributed by atoms with E-state index in [1.807, 2.05) is 30.3 Å². The lowest BCUT2D eigenvalue weighted by Crippen LogP contribution is -3.00. The summed E-state index contributed by atoms with van der Waals surface area (Å²) in [6.45, 7) is 0. The van der Waals surface area contributed by atoms with E-state index < -0.39 is 0 Å². The van der Waals surface area contributed by atoms with Crippen molar-refractivity contribution in [3.63, 3.8) is 0 Å². The Balaban J connectivity index is 0.000001000. The summed E-state index contributed by atoms with van der Waals surface area (Å²) in [7, 11) is 1.74. The molecule has 0 aromatic heterocycles. The average Bonchev–Trinajstić information content (AvgIpc) is 2.05. The molecule has 4 heteroatoms. The number of nitrogens with zero attached hydrogens (tertiary/aromatic N) is 1. The Morgan fingerprint density at radius 1 is 1.27 bits per heavy atom. The second-order valence-corrected chi connectivity index (χ2v) is 2.60. The van der Waals surface area contributed by atoms with E-state index in [2.05, 4.69) is 0 Å². The number of benzene rings is 1. The Bertz CT molecular complexity index is 269. The first kappa shape index (κ1) is 10.8. The Labute approximate surface area is 86.5 Å². The molecule has 0 saturated carbocycles. The summed E-state index contributed by atoms with van der Waals surface area (Å²) in [4.78, 5) is 0. The number of hydrogen-bond acceptors (Lipinski definition) is 1. The zero-order valence-corrected chi connectivity index (χ0v) is 9.00. The molecule has 0 fully saturated rings. The van der Waals surface area contributed by atoms with Crippen molar-refractivity contribution < 1.29 is 32.1 Å². The van der Waals surface area contributed by atoms with E-state index in [-0.39, 0.29) is 24.0 Å². The third-order valence-corrected chi connectivity index (χ3v) is 1.67. The van der Waals surface area contributed by atoms with E-state index in [0.29, 0.717) is 11.5 Å². The highest BCUT2D eigenvalue weighted by Crippen LogP contribution is 2.06. The van der Waals surface area contributed by atoms with Gasteiger partial charge >= 0.3 is 11.5 Å². The molecule has 1 rings (SSSR count). The molecule has 0 bridgehead atoms. The van der Waals surface area contributed by atoms with Crippen LogP contribution in [0, 0.1) is 0 Å². The largest absolute Gasteiger partial charge is 1.00 e. The molecule has 11 heavy (non-hydrogen) atoms. The quantitative estimate of drug-likeness (QED) is 0.447. The van der Waals surface area contributed by atoms with Crippen LogP contribution in [-0.2, 0) is 11.5 Å². The smallest absolute Gasteiger partial charge is 0.385 e. The van der Waals surface area contributed by atoms with Gasteiger partial charge in [-0.05, 0) is 0 Å². The molecule has 1 aromatic carbocycles. The predicted octanol–water partition coefficient (Wildman–Crippen LogP) is -1.64. The Hall–Kier alpha value is -0.230. The van der Waals surface area contributed by atoms with E-state index in [0.717, 1.165) is 5.69 Å². The molecule has 2 nitrogen and oxygen atoms in total. The predicted molar refractivity (Wildman–Crippen MR) is 40.4 cm³/mol. The molecule has 0 amide bonds. The van der Waals surface area contributed by atoms with Crippen LogP contribution in [-0.4, -0.2) is 15.2 Å². The van der Waals surface area contributed by atoms with Crippen LogP contribution in [0.4, 0.5) is 5.69 Å². The Morgan fingerprint density at radius 3 is 2.27 bits per heavy atom. The minimum absolute atomic E-state index is 0. The van der Waals surface area contributed by atoms with Gasteiger partial charge in [0.05, 0.1) is 0 Å². The standard InChI is InChI=1S/C7H8NOS.HI/c1-8(10-9)7-5-3-2-4-6-7;/h2-6H,1H3;1H/q+1;/p-1. The molecular weight excluding hydrogens is 273 g/mol. The summed E-state index contributed by atoms with van der Waals surface area (Å²) >= 11 is 0.461. The summed E-state index contributed by atoms with van der Waals surface area (Å²) in [5.74, 6) is 0. The highest BCUT2D eigenvalue weighted by atomic mass is 127. The van der Waals surface area contributed by atoms with Crippen LogP contribution < -0.4 is 24.0 Å². The van der Waals surface area contributed by atoms with E-state index in [9.17, 15) is 4.21 Å². The SMILES string of the molecule is C[N+](=S=O)c1ccccc1.[I-]. The van der Waals surface area contributed by atoms with Gasteiger partial charge in [-0.2, -0.15) is 0 Å². The van der Waals surface area contributed by atoms with Crippen molar-refractivity contribution in [3.8, 4) is 0 Å². The normalized spacial score (nSPS) is 8.09. The summed E-state index contributed by atoms with van der Waals surface area (Å²) in [5.41, 5.74) is 0.933. The van der Waals surface area contributed by atoms with Gasteiger partial charge in [-0.1, -0.05) is 18.2 Å². The fraction of sp³-hybridized carbons (Fsp3) is 0.143. The van der Waals surface area contributed by atoms with Gasteiger partial charge in [0.25, 0.3) is 0 Å². The van der Waals surface area contributed by atoms with Crippen molar-refractivity contribution in [1.29, 1.82) is 0 Å². The maximum Gasteiger partial charge on any atom is 0.385 e. The second kappa shape index (κ2) is 5.42. The lowest BCUT2D eigenvalue weighted by atomic mass is 10.3. The molecule has 0 saturated heterocycles. The first-order chi connectivity index (χ1) is 4.84. The maximum atomic E-state index is 10.3. The molecule has 60 valence electrons. The summed E-state index contributed by atoms with van der Waals surface area (Å²) in [6, 6.07) is 9.52. The minimum atomic E-state index is 0. The maximum absolute atomic E-state index is 10.3. The van der Waals surface area contributed by atoms with Gasteiger partial charge in [0.15, 0.2) is 7.05 Å². The van der Waals surface area contributed by atoms with Gasteiger partial charge in [0.1, 0.15) is 0 Å². The molecule has 1 aromatic rings. The first-order valence-corrected chi connectivity index (χ1v) is 3.63. The fourth-order valence-electron chi connectivity index (χ4n) is 0.681. The van der Waals surface area contributed by atoms with Crippen LogP contribution in [0.25, 0.3) is 0 Å².